The van der Waals surface area contributed by atoms with Crippen LogP contribution in [0.4, 0.5) is 0 Å². The van der Waals surface area contributed by atoms with Crippen LogP contribution >= 0.6 is 11.3 Å². The fourth-order valence-electron chi connectivity index (χ4n) is 1.56. The van der Waals surface area contributed by atoms with Crippen LogP contribution in [0.5, 0.6) is 0 Å². The SMILES string of the molecule is Cc1sc2cc(C)n(N)c(=O)c2c1C. The zero-order valence-corrected chi connectivity index (χ0v) is 9.23. The molecule has 2 N–H and O–H groups in total. The molecule has 0 atom stereocenters. The second-order valence-electron chi connectivity index (χ2n) is 3.48. The Bertz CT molecular complexity index is 565. The molecule has 2 rings (SSSR count). The van der Waals surface area contributed by atoms with Gasteiger partial charge in [0.25, 0.3) is 5.56 Å². The molecule has 74 valence electrons. The standard InChI is InChI=1S/C10H12N2OS/c1-5-4-8-9(10(13)12(5)11)6(2)7(3)14-8/h4H,11H2,1-3H3. The maximum absolute atomic E-state index is 11.8. The molecule has 0 aliphatic carbocycles. The van der Waals surface area contributed by atoms with Crippen molar-refractivity contribution < 1.29 is 0 Å². The van der Waals surface area contributed by atoms with E-state index in [1.807, 2.05) is 26.8 Å². The zero-order chi connectivity index (χ0) is 10.5. The fraction of sp³-hybridized carbons (Fsp3) is 0.300. The van der Waals surface area contributed by atoms with Gasteiger partial charge in [0.05, 0.1) is 5.39 Å². The smallest absolute Gasteiger partial charge is 0.277 e. The highest BCUT2D eigenvalue weighted by molar-refractivity contribution is 7.19. The maximum Gasteiger partial charge on any atom is 0.277 e. The number of hydrogen-bond acceptors (Lipinski definition) is 3. The summed E-state index contributed by atoms with van der Waals surface area (Å²) < 4.78 is 2.24. The van der Waals surface area contributed by atoms with E-state index in [0.717, 1.165) is 21.3 Å². The molecule has 0 unspecified atom stereocenters. The second-order valence-corrected chi connectivity index (χ2v) is 4.74. The van der Waals surface area contributed by atoms with E-state index in [1.54, 1.807) is 11.3 Å². The Kier molecular flexibility index (Phi) is 1.89. The van der Waals surface area contributed by atoms with Crippen molar-refractivity contribution in [2.24, 2.45) is 0 Å². The number of pyridine rings is 1. The number of aromatic nitrogens is 1. The van der Waals surface area contributed by atoms with E-state index in [4.69, 9.17) is 5.84 Å². The Morgan fingerprint density at radius 2 is 2.00 bits per heavy atom. The minimum absolute atomic E-state index is 0.0955. The first-order valence-corrected chi connectivity index (χ1v) is 5.21. The molecule has 3 nitrogen and oxygen atoms in total. The largest absolute Gasteiger partial charge is 0.336 e. The number of thiophene rings is 1. The Morgan fingerprint density at radius 3 is 2.64 bits per heavy atom. The number of nitrogens with zero attached hydrogens (tertiary/aromatic N) is 1. The number of aryl methyl sites for hydroxylation is 3. The molecular weight excluding hydrogens is 196 g/mol. The summed E-state index contributed by atoms with van der Waals surface area (Å²) in [6.07, 6.45) is 0. The molecule has 0 spiro atoms. The Hall–Kier alpha value is -1.29. The molecule has 0 saturated heterocycles. The molecule has 0 bridgehead atoms. The highest BCUT2D eigenvalue weighted by atomic mass is 32.1. The predicted molar refractivity (Wildman–Crippen MR) is 60.4 cm³/mol. The van der Waals surface area contributed by atoms with E-state index in [1.165, 1.54) is 9.55 Å². The molecule has 2 heterocycles. The molecule has 0 aliphatic rings. The van der Waals surface area contributed by atoms with Crippen molar-refractivity contribution in [1.29, 1.82) is 0 Å². The zero-order valence-electron chi connectivity index (χ0n) is 8.42. The number of nitrogen functional groups attached to an aromatic ring is 1. The third-order valence-electron chi connectivity index (χ3n) is 2.57. The van der Waals surface area contributed by atoms with Gasteiger partial charge in [0, 0.05) is 15.3 Å². The average Bonchev–Trinajstić information content (AvgIpc) is 2.39. The van der Waals surface area contributed by atoms with Crippen molar-refractivity contribution in [2.75, 3.05) is 5.84 Å². The third-order valence-corrected chi connectivity index (χ3v) is 3.72. The Labute approximate surface area is 85.7 Å². The van der Waals surface area contributed by atoms with Crippen LogP contribution in [0.25, 0.3) is 10.1 Å². The van der Waals surface area contributed by atoms with Gasteiger partial charge in [-0.15, -0.1) is 11.3 Å². The summed E-state index contributed by atoms with van der Waals surface area (Å²) in [7, 11) is 0. The third kappa shape index (κ3) is 1.07. The number of nitrogens with two attached hydrogens (primary N) is 1. The van der Waals surface area contributed by atoms with Crippen molar-refractivity contribution in [1.82, 2.24) is 4.68 Å². The fourth-order valence-corrected chi connectivity index (χ4v) is 2.72. The lowest BCUT2D eigenvalue weighted by Gasteiger charge is -2.02. The second kappa shape index (κ2) is 2.85. The summed E-state index contributed by atoms with van der Waals surface area (Å²) in [5, 5.41) is 0.764. The summed E-state index contributed by atoms with van der Waals surface area (Å²) in [5.74, 6) is 5.63. The van der Waals surface area contributed by atoms with Crippen molar-refractivity contribution in [3.63, 3.8) is 0 Å². The van der Waals surface area contributed by atoms with Crippen LogP contribution in [-0.4, -0.2) is 4.68 Å². The van der Waals surface area contributed by atoms with Crippen LogP contribution in [0.15, 0.2) is 10.9 Å². The van der Waals surface area contributed by atoms with Crippen LogP contribution in [0.2, 0.25) is 0 Å². The Morgan fingerprint density at radius 1 is 1.36 bits per heavy atom. The van der Waals surface area contributed by atoms with E-state index in [9.17, 15) is 4.79 Å². The lowest BCUT2D eigenvalue weighted by molar-refractivity contribution is 0.901. The lowest BCUT2D eigenvalue weighted by atomic mass is 10.2. The molecule has 0 saturated carbocycles. The van der Waals surface area contributed by atoms with Crippen LogP contribution in [0.1, 0.15) is 16.1 Å². The van der Waals surface area contributed by atoms with Gasteiger partial charge in [0.2, 0.25) is 0 Å². The number of rotatable bonds is 0. The van der Waals surface area contributed by atoms with E-state index >= 15 is 0 Å². The van der Waals surface area contributed by atoms with Crippen molar-refractivity contribution >= 4 is 21.4 Å². The molecule has 4 heteroatoms. The first-order valence-electron chi connectivity index (χ1n) is 4.40. The Balaban J connectivity index is 3.07. The minimum Gasteiger partial charge on any atom is -0.336 e. The minimum atomic E-state index is -0.0955. The van der Waals surface area contributed by atoms with Gasteiger partial charge in [-0.25, -0.2) is 4.68 Å². The monoisotopic (exact) mass is 208 g/mol. The maximum atomic E-state index is 11.8. The van der Waals surface area contributed by atoms with Crippen molar-refractivity contribution in [3.8, 4) is 0 Å². The molecule has 0 aromatic carbocycles. The van der Waals surface area contributed by atoms with Crippen molar-refractivity contribution in [2.45, 2.75) is 20.8 Å². The van der Waals surface area contributed by atoms with Crippen LogP contribution in [0.3, 0.4) is 0 Å². The predicted octanol–water partition coefficient (Wildman–Crippen LogP) is 1.70. The first-order chi connectivity index (χ1) is 6.52. The van der Waals surface area contributed by atoms with Gasteiger partial charge < -0.3 is 5.84 Å². The highest BCUT2D eigenvalue weighted by Gasteiger charge is 2.11. The summed E-state index contributed by atoms with van der Waals surface area (Å²) in [4.78, 5) is 13.0. The average molecular weight is 208 g/mol. The van der Waals surface area contributed by atoms with Gasteiger partial charge in [-0.3, -0.25) is 4.79 Å². The number of hydrogen-bond donors (Lipinski definition) is 1. The topological polar surface area (TPSA) is 48.0 Å². The van der Waals surface area contributed by atoms with Crippen LogP contribution in [0, 0.1) is 20.8 Å². The van der Waals surface area contributed by atoms with Gasteiger partial charge >= 0.3 is 0 Å². The number of fused-ring (bicyclic) bond motifs is 1. The van der Waals surface area contributed by atoms with E-state index in [-0.39, 0.29) is 5.56 Å². The molecule has 0 fully saturated rings. The molecule has 0 amide bonds. The normalized spacial score (nSPS) is 11.1. The molecule has 0 radical (unpaired) electrons. The lowest BCUT2D eigenvalue weighted by Crippen LogP contribution is -2.28. The molecule has 14 heavy (non-hydrogen) atoms. The van der Waals surface area contributed by atoms with Gasteiger partial charge in [0.1, 0.15) is 0 Å². The van der Waals surface area contributed by atoms with E-state index < -0.39 is 0 Å². The van der Waals surface area contributed by atoms with Gasteiger partial charge in [-0.1, -0.05) is 0 Å². The van der Waals surface area contributed by atoms with Crippen LogP contribution in [-0.2, 0) is 0 Å². The molecular formula is C10H12N2OS. The van der Waals surface area contributed by atoms with Gasteiger partial charge in [-0.2, -0.15) is 0 Å². The van der Waals surface area contributed by atoms with E-state index in [0.29, 0.717) is 0 Å². The summed E-state index contributed by atoms with van der Waals surface area (Å²) in [5.41, 5.74) is 1.75. The first kappa shape index (κ1) is 9.27. The highest BCUT2D eigenvalue weighted by Crippen LogP contribution is 2.27. The van der Waals surface area contributed by atoms with E-state index in [2.05, 4.69) is 0 Å². The summed E-state index contributed by atoms with van der Waals surface area (Å²) in [6, 6.07) is 1.96. The molecule has 0 aliphatic heterocycles. The molecule has 2 aromatic rings. The van der Waals surface area contributed by atoms with Gasteiger partial charge in [-0.05, 0) is 32.4 Å². The van der Waals surface area contributed by atoms with Gasteiger partial charge in [0.15, 0.2) is 0 Å². The summed E-state index contributed by atoms with van der Waals surface area (Å²) >= 11 is 1.65. The summed E-state index contributed by atoms with van der Waals surface area (Å²) in [6.45, 7) is 5.83. The molecule has 2 aromatic heterocycles. The van der Waals surface area contributed by atoms with Crippen LogP contribution < -0.4 is 11.4 Å². The van der Waals surface area contributed by atoms with Crippen molar-refractivity contribution in [3.05, 3.63) is 32.6 Å². The quantitative estimate of drug-likeness (QED) is 0.670.